The van der Waals surface area contributed by atoms with E-state index in [4.69, 9.17) is 9.72 Å². The van der Waals surface area contributed by atoms with Gasteiger partial charge in [0.1, 0.15) is 5.52 Å². The van der Waals surface area contributed by atoms with E-state index in [1.165, 1.54) is 11.3 Å². The van der Waals surface area contributed by atoms with Gasteiger partial charge in [0.05, 0.1) is 19.5 Å². The fourth-order valence-corrected chi connectivity index (χ4v) is 4.97. The lowest BCUT2D eigenvalue weighted by molar-refractivity contribution is 0.122. The van der Waals surface area contributed by atoms with Gasteiger partial charge in [-0.25, -0.2) is 4.98 Å². The topological polar surface area (TPSA) is 94.2 Å². The van der Waals surface area contributed by atoms with Crippen molar-refractivity contribution < 1.29 is 4.74 Å². The van der Waals surface area contributed by atoms with E-state index in [-0.39, 0.29) is 0 Å². The molecule has 0 bridgehead atoms. The van der Waals surface area contributed by atoms with Gasteiger partial charge in [0.25, 0.3) is 0 Å². The number of morpholine rings is 1. The average Bonchev–Trinajstić information content (AvgIpc) is 3.41. The minimum atomic E-state index is 0.354. The van der Waals surface area contributed by atoms with Crippen LogP contribution in [0.4, 0.5) is 23.1 Å². The molecule has 2 saturated heterocycles. The Bertz CT molecular complexity index is 1260. The molecule has 4 heterocycles. The first-order chi connectivity index (χ1) is 17.8. The number of ether oxygens (including phenoxy) is 1. The Kier molecular flexibility index (Phi) is 6.64. The zero-order valence-corrected chi connectivity index (χ0v) is 20.4. The van der Waals surface area contributed by atoms with Crippen LogP contribution in [0.1, 0.15) is 18.4 Å². The first kappa shape index (κ1) is 22.8. The molecule has 9 nitrogen and oxygen atoms in total. The van der Waals surface area contributed by atoms with E-state index in [9.17, 15) is 0 Å². The smallest absolute Gasteiger partial charge is 0.231 e. The van der Waals surface area contributed by atoms with Gasteiger partial charge in [-0.05, 0) is 42.7 Å². The van der Waals surface area contributed by atoms with Crippen LogP contribution in [0, 0.1) is 0 Å². The number of anilines is 4. The molecule has 6 rings (SSSR count). The third-order valence-electron chi connectivity index (χ3n) is 6.96. The Morgan fingerprint density at radius 3 is 2.47 bits per heavy atom. The molecular formula is C27H32N8O. The van der Waals surface area contributed by atoms with Crippen LogP contribution < -0.4 is 15.5 Å². The third-order valence-corrected chi connectivity index (χ3v) is 6.96. The number of aromatic nitrogens is 4. The molecule has 9 heteroatoms. The molecule has 0 saturated carbocycles. The maximum absolute atomic E-state index is 5.46. The first-order valence-electron chi connectivity index (χ1n) is 12.7. The van der Waals surface area contributed by atoms with Gasteiger partial charge >= 0.3 is 0 Å². The number of likely N-dealkylation sites (tertiary alicyclic amines) is 1. The van der Waals surface area contributed by atoms with E-state index < -0.39 is 0 Å². The number of hydrogen-bond acceptors (Lipinski definition) is 8. The van der Waals surface area contributed by atoms with Crippen LogP contribution in [0.5, 0.6) is 0 Å². The summed E-state index contributed by atoms with van der Waals surface area (Å²) < 4.78 is 5.46. The minimum absolute atomic E-state index is 0.354. The lowest BCUT2D eigenvalue weighted by atomic mass is 10.0. The predicted molar refractivity (Wildman–Crippen MR) is 143 cm³/mol. The molecule has 4 aromatic rings. The largest absolute Gasteiger partial charge is 0.378 e. The molecule has 0 radical (unpaired) electrons. The van der Waals surface area contributed by atoms with E-state index in [0.717, 1.165) is 81.4 Å². The molecule has 0 spiro atoms. The second-order valence-corrected chi connectivity index (χ2v) is 9.45. The quantitative estimate of drug-likeness (QED) is 0.362. The van der Waals surface area contributed by atoms with Crippen molar-refractivity contribution in [3.05, 3.63) is 66.5 Å². The van der Waals surface area contributed by atoms with Gasteiger partial charge in [-0.2, -0.15) is 9.97 Å². The van der Waals surface area contributed by atoms with Crippen molar-refractivity contribution in [2.75, 3.05) is 54.9 Å². The number of imidazole rings is 1. The van der Waals surface area contributed by atoms with Crippen molar-refractivity contribution in [3.63, 3.8) is 0 Å². The van der Waals surface area contributed by atoms with Crippen molar-refractivity contribution in [3.8, 4) is 0 Å². The molecule has 36 heavy (non-hydrogen) atoms. The van der Waals surface area contributed by atoms with Crippen LogP contribution >= 0.6 is 0 Å². The summed E-state index contributed by atoms with van der Waals surface area (Å²) in [7, 11) is 0. The maximum Gasteiger partial charge on any atom is 0.231 e. The highest BCUT2D eigenvalue weighted by molar-refractivity contribution is 5.84. The summed E-state index contributed by atoms with van der Waals surface area (Å²) in [6, 6.07) is 19.4. The summed E-state index contributed by atoms with van der Waals surface area (Å²) in [6.45, 7) is 6.52. The molecule has 0 aliphatic carbocycles. The van der Waals surface area contributed by atoms with Crippen LogP contribution in [0.15, 0.2) is 60.9 Å². The van der Waals surface area contributed by atoms with Crippen molar-refractivity contribution in [1.82, 2.24) is 24.8 Å². The number of nitrogens with zero attached hydrogens (tertiary/aromatic N) is 5. The monoisotopic (exact) mass is 484 g/mol. The highest BCUT2D eigenvalue weighted by atomic mass is 16.5. The first-order valence-corrected chi connectivity index (χ1v) is 12.7. The minimum Gasteiger partial charge on any atom is -0.378 e. The highest BCUT2D eigenvalue weighted by Crippen LogP contribution is 2.25. The number of nitrogens with one attached hydrogen (secondary N) is 3. The van der Waals surface area contributed by atoms with Gasteiger partial charge < -0.3 is 25.3 Å². The number of hydrogen-bond donors (Lipinski definition) is 3. The van der Waals surface area contributed by atoms with Gasteiger partial charge in [0, 0.05) is 50.1 Å². The SMILES string of the molecule is c1ccc(CN2CCC(Nc3nc(Nc4ccc(N5CCOCC5)cc4)nc4[nH]cnc34)CC2)cc1. The summed E-state index contributed by atoms with van der Waals surface area (Å²) in [4.78, 5) is 21.9. The molecule has 186 valence electrons. The van der Waals surface area contributed by atoms with Gasteiger partial charge in [-0.3, -0.25) is 4.90 Å². The number of H-pyrrole nitrogens is 1. The van der Waals surface area contributed by atoms with Gasteiger partial charge in [0.2, 0.25) is 5.95 Å². The zero-order valence-electron chi connectivity index (χ0n) is 20.4. The highest BCUT2D eigenvalue weighted by Gasteiger charge is 2.21. The van der Waals surface area contributed by atoms with Gasteiger partial charge in [-0.15, -0.1) is 0 Å². The Labute approximate surface area is 210 Å². The molecule has 3 N–H and O–H groups in total. The Morgan fingerprint density at radius 1 is 0.917 bits per heavy atom. The normalized spacial score (nSPS) is 17.4. The summed E-state index contributed by atoms with van der Waals surface area (Å²) >= 11 is 0. The fourth-order valence-electron chi connectivity index (χ4n) is 4.97. The maximum atomic E-state index is 5.46. The summed E-state index contributed by atoms with van der Waals surface area (Å²) in [5.41, 5.74) is 5.02. The van der Waals surface area contributed by atoms with Crippen molar-refractivity contribution in [1.29, 1.82) is 0 Å². The van der Waals surface area contributed by atoms with Crippen LogP contribution in [-0.2, 0) is 11.3 Å². The van der Waals surface area contributed by atoms with Gasteiger partial charge in [-0.1, -0.05) is 30.3 Å². The predicted octanol–water partition coefficient (Wildman–Crippen LogP) is 4.01. The molecular weight excluding hydrogens is 452 g/mol. The number of benzene rings is 2. The van der Waals surface area contributed by atoms with Crippen LogP contribution in [0.2, 0.25) is 0 Å². The van der Waals surface area contributed by atoms with Crippen molar-refractivity contribution in [2.45, 2.75) is 25.4 Å². The molecule has 2 aliphatic heterocycles. The van der Waals surface area contributed by atoms with E-state index in [0.29, 0.717) is 12.0 Å². The number of aromatic amines is 1. The van der Waals surface area contributed by atoms with Crippen LogP contribution in [0.25, 0.3) is 11.2 Å². The lowest BCUT2D eigenvalue weighted by Crippen LogP contribution is -2.38. The average molecular weight is 485 g/mol. The molecule has 0 atom stereocenters. The molecule has 2 aromatic heterocycles. The van der Waals surface area contributed by atoms with Crippen LogP contribution in [0.3, 0.4) is 0 Å². The van der Waals surface area contributed by atoms with Crippen molar-refractivity contribution >= 4 is 34.3 Å². The molecule has 0 amide bonds. The Morgan fingerprint density at radius 2 is 1.69 bits per heavy atom. The molecule has 2 aromatic carbocycles. The zero-order chi connectivity index (χ0) is 24.2. The van der Waals surface area contributed by atoms with Crippen LogP contribution in [-0.4, -0.2) is 70.3 Å². The summed E-state index contributed by atoms with van der Waals surface area (Å²) in [5.74, 6) is 1.32. The van der Waals surface area contributed by atoms with E-state index in [1.807, 2.05) is 0 Å². The lowest BCUT2D eigenvalue weighted by Gasteiger charge is -2.32. The number of fused-ring (bicyclic) bond motifs is 1. The Hall–Kier alpha value is -3.69. The fraction of sp³-hybridized carbons (Fsp3) is 0.370. The number of rotatable bonds is 7. The van der Waals surface area contributed by atoms with Crippen molar-refractivity contribution in [2.24, 2.45) is 0 Å². The second-order valence-electron chi connectivity index (χ2n) is 9.45. The molecule has 2 fully saturated rings. The van der Waals surface area contributed by atoms with E-state index in [2.05, 4.69) is 90.0 Å². The van der Waals surface area contributed by atoms with E-state index >= 15 is 0 Å². The van der Waals surface area contributed by atoms with E-state index in [1.54, 1.807) is 6.33 Å². The van der Waals surface area contributed by atoms with Gasteiger partial charge in [0.15, 0.2) is 11.5 Å². The standard InChI is InChI=1S/C27H32N8O/c1-2-4-20(5-3-1)18-34-12-10-22(11-13-34)30-26-24-25(29-19-28-24)32-27(33-26)31-21-6-8-23(9-7-21)35-14-16-36-17-15-35/h1-9,19,22H,10-18H2,(H3,28,29,30,31,32,33). The Balaban J connectivity index is 1.11. The third kappa shape index (κ3) is 5.27. The molecule has 2 aliphatic rings. The number of piperidine rings is 1. The summed E-state index contributed by atoms with van der Waals surface area (Å²) in [6.07, 6.45) is 3.80. The molecule has 0 unspecified atom stereocenters. The summed E-state index contributed by atoms with van der Waals surface area (Å²) in [5, 5.41) is 7.02. The second kappa shape index (κ2) is 10.5.